The Balaban J connectivity index is 1.79. The van der Waals surface area contributed by atoms with Gasteiger partial charge >= 0.3 is 0 Å². The van der Waals surface area contributed by atoms with Crippen molar-refractivity contribution in [3.8, 4) is 0 Å². The van der Waals surface area contributed by atoms with E-state index < -0.39 is 0 Å². The highest BCUT2D eigenvalue weighted by atomic mass is 35.5. The average Bonchev–Trinajstić information content (AvgIpc) is 2.81. The third kappa shape index (κ3) is 3.88. The van der Waals surface area contributed by atoms with Crippen molar-refractivity contribution < 1.29 is 5.11 Å². The highest BCUT2D eigenvalue weighted by molar-refractivity contribution is 6.30. The maximum absolute atomic E-state index is 9.86. The first-order chi connectivity index (χ1) is 8.24. The van der Waals surface area contributed by atoms with Crippen LogP contribution in [0, 0.1) is 0 Å². The van der Waals surface area contributed by atoms with Crippen LogP contribution in [0.4, 0.5) is 0 Å². The minimum Gasteiger partial charge on any atom is -0.391 e. The van der Waals surface area contributed by atoms with Crippen LogP contribution in [0.2, 0.25) is 5.02 Å². The largest absolute Gasteiger partial charge is 0.391 e. The molecule has 1 heterocycles. The van der Waals surface area contributed by atoms with Crippen molar-refractivity contribution in [1.82, 2.24) is 9.55 Å². The van der Waals surface area contributed by atoms with Crippen LogP contribution in [0.1, 0.15) is 12.0 Å². The number of aliphatic hydroxyl groups is 1. The van der Waals surface area contributed by atoms with Crippen LogP contribution in [-0.4, -0.2) is 20.8 Å². The summed E-state index contributed by atoms with van der Waals surface area (Å²) in [5.74, 6) is 0. The molecule has 0 aliphatic heterocycles. The number of hydrogen-bond donors (Lipinski definition) is 1. The second-order valence-electron chi connectivity index (χ2n) is 4.08. The molecule has 0 saturated carbocycles. The summed E-state index contributed by atoms with van der Waals surface area (Å²) in [5.41, 5.74) is 1.19. The molecule has 2 aromatic rings. The summed E-state index contributed by atoms with van der Waals surface area (Å²) in [6.07, 6.45) is 6.52. The molecule has 0 fully saturated rings. The van der Waals surface area contributed by atoms with E-state index in [4.69, 9.17) is 11.6 Å². The van der Waals surface area contributed by atoms with Gasteiger partial charge in [0.25, 0.3) is 0 Å². The number of aromatic nitrogens is 2. The van der Waals surface area contributed by atoms with E-state index in [-0.39, 0.29) is 6.10 Å². The first kappa shape index (κ1) is 12.1. The second kappa shape index (κ2) is 5.84. The van der Waals surface area contributed by atoms with Gasteiger partial charge in [-0.1, -0.05) is 23.7 Å². The lowest BCUT2D eigenvalue weighted by atomic mass is 10.1. The molecule has 0 unspecified atom stereocenters. The van der Waals surface area contributed by atoms with E-state index in [1.54, 1.807) is 12.5 Å². The third-order valence-corrected chi connectivity index (χ3v) is 2.91. The number of aliphatic hydroxyl groups excluding tert-OH is 1. The summed E-state index contributed by atoms with van der Waals surface area (Å²) in [6.45, 7) is 0.591. The minimum absolute atomic E-state index is 0.347. The Kier molecular flexibility index (Phi) is 4.18. The van der Waals surface area contributed by atoms with Crippen LogP contribution >= 0.6 is 11.6 Å². The second-order valence-corrected chi connectivity index (χ2v) is 4.51. The number of aryl methyl sites for hydroxylation is 1. The van der Waals surface area contributed by atoms with Crippen molar-refractivity contribution in [1.29, 1.82) is 0 Å². The Morgan fingerprint density at radius 1 is 1.29 bits per heavy atom. The van der Waals surface area contributed by atoms with Gasteiger partial charge in [-0.2, -0.15) is 0 Å². The number of hydrogen-bond acceptors (Lipinski definition) is 2. The van der Waals surface area contributed by atoms with E-state index in [1.165, 1.54) is 5.56 Å². The smallest absolute Gasteiger partial charge is 0.0946 e. The zero-order valence-electron chi connectivity index (χ0n) is 9.46. The lowest BCUT2D eigenvalue weighted by Gasteiger charge is -2.11. The Morgan fingerprint density at radius 3 is 2.71 bits per heavy atom. The summed E-state index contributed by atoms with van der Waals surface area (Å²) in [6, 6.07) is 7.73. The van der Waals surface area contributed by atoms with Crippen molar-refractivity contribution in [2.75, 3.05) is 0 Å². The van der Waals surface area contributed by atoms with Gasteiger partial charge in [-0.3, -0.25) is 0 Å². The molecule has 0 spiro atoms. The van der Waals surface area contributed by atoms with Gasteiger partial charge in [0.1, 0.15) is 0 Å². The third-order valence-electron chi connectivity index (χ3n) is 2.66. The summed E-state index contributed by atoms with van der Waals surface area (Å²) >= 11 is 5.81. The van der Waals surface area contributed by atoms with Crippen LogP contribution in [0.5, 0.6) is 0 Å². The van der Waals surface area contributed by atoms with Crippen molar-refractivity contribution in [2.45, 2.75) is 25.5 Å². The van der Waals surface area contributed by atoms with Crippen molar-refractivity contribution in [3.63, 3.8) is 0 Å². The Labute approximate surface area is 106 Å². The molecule has 1 N–H and O–H groups in total. The predicted molar refractivity (Wildman–Crippen MR) is 68.0 cm³/mol. The fraction of sp³-hybridized carbons (Fsp3) is 0.308. The Bertz CT molecular complexity index is 439. The van der Waals surface area contributed by atoms with E-state index in [0.717, 1.165) is 17.9 Å². The van der Waals surface area contributed by atoms with Crippen LogP contribution in [0.15, 0.2) is 43.0 Å². The highest BCUT2D eigenvalue weighted by Crippen LogP contribution is 2.12. The molecule has 0 saturated heterocycles. The van der Waals surface area contributed by atoms with Gasteiger partial charge in [-0.05, 0) is 30.5 Å². The van der Waals surface area contributed by atoms with Gasteiger partial charge in [0.2, 0.25) is 0 Å². The summed E-state index contributed by atoms with van der Waals surface area (Å²) in [4.78, 5) is 3.94. The lowest BCUT2D eigenvalue weighted by molar-refractivity contribution is 0.144. The molecule has 1 aromatic carbocycles. The number of halogens is 1. The SMILES string of the molecule is O[C@H](CCc1ccc(Cl)cc1)Cn1ccnc1. The first-order valence-electron chi connectivity index (χ1n) is 5.62. The van der Waals surface area contributed by atoms with E-state index in [0.29, 0.717) is 6.54 Å². The van der Waals surface area contributed by atoms with Crippen LogP contribution in [0.3, 0.4) is 0 Å². The molecular weight excluding hydrogens is 236 g/mol. The molecule has 1 aromatic heterocycles. The molecule has 0 aliphatic rings. The van der Waals surface area contributed by atoms with Gasteiger partial charge < -0.3 is 9.67 Å². The fourth-order valence-corrected chi connectivity index (χ4v) is 1.84. The van der Waals surface area contributed by atoms with Crippen LogP contribution < -0.4 is 0 Å². The van der Waals surface area contributed by atoms with E-state index >= 15 is 0 Å². The molecule has 90 valence electrons. The van der Waals surface area contributed by atoms with E-state index in [9.17, 15) is 5.11 Å². The Morgan fingerprint density at radius 2 is 2.06 bits per heavy atom. The first-order valence-corrected chi connectivity index (χ1v) is 6.00. The molecule has 2 rings (SSSR count). The van der Waals surface area contributed by atoms with Crippen molar-refractivity contribution in [2.24, 2.45) is 0 Å². The van der Waals surface area contributed by atoms with Gasteiger partial charge in [0.05, 0.1) is 12.4 Å². The zero-order chi connectivity index (χ0) is 12.1. The van der Waals surface area contributed by atoms with Gasteiger partial charge in [-0.15, -0.1) is 0 Å². The molecule has 17 heavy (non-hydrogen) atoms. The number of rotatable bonds is 5. The van der Waals surface area contributed by atoms with E-state index in [2.05, 4.69) is 4.98 Å². The standard InChI is InChI=1S/C13H15ClN2O/c14-12-4-1-11(2-5-12)3-6-13(17)9-16-8-7-15-10-16/h1-2,4-5,7-8,10,13,17H,3,6,9H2/t13-/m1/s1. The number of benzene rings is 1. The van der Waals surface area contributed by atoms with Gasteiger partial charge in [0, 0.05) is 24.0 Å². The Hall–Kier alpha value is -1.32. The monoisotopic (exact) mass is 250 g/mol. The number of nitrogens with zero attached hydrogens (tertiary/aromatic N) is 2. The van der Waals surface area contributed by atoms with Gasteiger partial charge in [-0.25, -0.2) is 4.98 Å². The molecular formula is C13H15ClN2O. The van der Waals surface area contributed by atoms with Crippen molar-refractivity contribution in [3.05, 3.63) is 53.6 Å². The quantitative estimate of drug-likeness (QED) is 0.886. The molecule has 0 radical (unpaired) electrons. The fourth-order valence-electron chi connectivity index (χ4n) is 1.71. The summed E-state index contributed by atoms with van der Waals surface area (Å²) < 4.78 is 1.88. The lowest BCUT2D eigenvalue weighted by Crippen LogP contribution is -2.15. The zero-order valence-corrected chi connectivity index (χ0v) is 10.2. The predicted octanol–water partition coefficient (Wildman–Crippen LogP) is 2.53. The maximum atomic E-state index is 9.86. The normalized spacial score (nSPS) is 12.6. The van der Waals surface area contributed by atoms with Crippen molar-refractivity contribution >= 4 is 11.6 Å². The molecule has 0 bridgehead atoms. The topological polar surface area (TPSA) is 38.0 Å². The molecule has 0 aliphatic carbocycles. The van der Waals surface area contributed by atoms with Gasteiger partial charge in [0.15, 0.2) is 0 Å². The number of imidazole rings is 1. The van der Waals surface area contributed by atoms with Crippen LogP contribution in [0.25, 0.3) is 0 Å². The molecule has 0 amide bonds. The highest BCUT2D eigenvalue weighted by Gasteiger charge is 2.05. The van der Waals surface area contributed by atoms with Crippen LogP contribution in [-0.2, 0) is 13.0 Å². The molecule has 3 nitrogen and oxygen atoms in total. The maximum Gasteiger partial charge on any atom is 0.0946 e. The minimum atomic E-state index is -0.347. The average molecular weight is 251 g/mol. The summed E-state index contributed by atoms with van der Waals surface area (Å²) in [5, 5.41) is 10.6. The van der Waals surface area contributed by atoms with E-state index in [1.807, 2.05) is 35.0 Å². The summed E-state index contributed by atoms with van der Waals surface area (Å²) in [7, 11) is 0. The molecule has 1 atom stereocenters. The molecule has 4 heteroatoms.